The number of imide groups is 1. The summed E-state index contributed by atoms with van der Waals surface area (Å²) >= 11 is 1.41. The van der Waals surface area contributed by atoms with Gasteiger partial charge in [0.1, 0.15) is 17.8 Å². The molecular formula is C20H20N4O5S. The molecule has 30 heavy (non-hydrogen) atoms. The number of rotatable bonds is 4. The van der Waals surface area contributed by atoms with Crippen LogP contribution in [-0.2, 0) is 19.9 Å². The van der Waals surface area contributed by atoms with E-state index in [9.17, 15) is 19.2 Å². The van der Waals surface area contributed by atoms with E-state index >= 15 is 0 Å². The first-order chi connectivity index (χ1) is 14.3. The summed E-state index contributed by atoms with van der Waals surface area (Å²) in [6.07, 6.45) is -0.895. The topological polar surface area (TPSA) is 108 Å². The van der Waals surface area contributed by atoms with Gasteiger partial charge in [-0.2, -0.15) is 11.3 Å². The molecule has 0 aliphatic carbocycles. The van der Waals surface area contributed by atoms with Crippen LogP contribution in [0.4, 0.5) is 10.5 Å². The van der Waals surface area contributed by atoms with E-state index in [1.807, 2.05) is 5.38 Å². The van der Waals surface area contributed by atoms with Crippen molar-refractivity contribution < 1.29 is 23.9 Å². The minimum atomic E-state index is -1.22. The van der Waals surface area contributed by atoms with E-state index in [4.69, 9.17) is 4.74 Å². The number of thiophene rings is 1. The van der Waals surface area contributed by atoms with Crippen LogP contribution >= 0.6 is 11.3 Å². The van der Waals surface area contributed by atoms with E-state index < -0.39 is 36.0 Å². The predicted molar refractivity (Wildman–Crippen MR) is 109 cm³/mol. The van der Waals surface area contributed by atoms with Crippen LogP contribution in [0.1, 0.15) is 12.5 Å². The molecule has 1 aromatic heterocycles. The highest BCUT2D eigenvalue weighted by Crippen LogP contribution is 2.34. The van der Waals surface area contributed by atoms with Gasteiger partial charge in [0, 0.05) is 7.05 Å². The second-order valence-corrected chi connectivity index (χ2v) is 7.93. The first-order valence-electron chi connectivity index (χ1n) is 9.29. The number of urea groups is 1. The van der Waals surface area contributed by atoms with E-state index in [2.05, 4.69) is 10.6 Å². The summed E-state index contributed by atoms with van der Waals surface area (Å²) in [5.74, 6) is -0.977. The second kappa shape index (κ2) is 7.45. The van der Waals surface area contributed by atoms with Crippen molar-refractivity contribution in [3.8, 4) is 5.75 Å². The van der Waals surface area contributed by atoms with Gasteiger partial charge >= 0.3 is 6.03 Å². The van der Waals surface area contributed by atoms with Crippen LogP contribution in [0.5, 0.6) is 5.75 Å². The molecule has 10 heteroatoms. The molecule has 0 radical (unpaired) electrons. The number of likely N-dealkylation sites (N-methyl/N-ethyl adjacent to an activating group) is 1. The Balaban J connectivity index is 1.58. The third kappa shape index (κ3) is 3.18. The van der Waals surface area contributed by atoms with Gasteiger partial charge in [-0.1, -0.05) is 12.1 Å². The average Bonchev–Trinajstić information content (AvgIpc) is 3.37. The summed E-state index contributed by atoms with van der Waals surface area (Å²) in [4.78, 5) is 53.0. The van der Waals surface area contributed by atoms with Gasteiger partial charge in [0.25, 0.3) is 11.8 Å². The van der Waals surface area contributed by atoms with Crippen molar-refractivity contribution in [3.05, 3.63) is 46.7 Å². The maximum absolute atomic E-state index is 13.1. The van der Waals surface area contributed by atoms with Gasteiger partial charge in [-0.3, -0.25) is 19.3 Å². The zero-order valence-electron chi connectivity index (χ0n) is 16.4. The summed E-state index contributed by atoms with van der Waals surface area (Å²) in [5, 5.41) is 8.79. The fraction of sp³-hybridized carbons (Fsp3) is 0.300. The lowest BCUT2D eigenvalue weighted by atomic mass is 9.95. The molecule has 0 bridgehead atoms. The van der Waals surface area contributed by atoms with Crippen LogP contribution in [0.25, 0.3) is 0 Å². The molecule has 2 atom stereocenters. The number of anilines is 1. The van der Waals surface area contributed by atoms with Crippen LogP contribution in [0.2, 0.25) is 0 Å². The highest BCUT2D eigenvalue weighted by Gasteiger charge is 2.50. The predicted octanol–water partition coefficient (Wildman–Crippen LogP) is 1.06. The molecule has 4 rings (SSSR count). The number of ether oxygens (including phenoxy) is 1. The number of nitrogens with one attached hydrogen (secondary N) is 2. The lowest BCUT2D eigenvalue weighted by Crippen LogP contribution is -2.52. The number of hydrogen-bond acceptors (Lipinski definition) is 6. The number of fused-ring (bicyclic) bond motifs is 1. The first kappa shape index (κ1) is 19.9. The molecule has 1 saturated heterocycles. The standard InChI is InChI=1S/C20H20N4O5S/c1-20(12-7-8-30-11-12)18(27)24(19(28)22-20)10-16(25)23-9-15(17(26)21-2)29-14-6-4-3-5-13(14)23/h3-8,11,15H,9-10H2,1-2H3,(H,21,26)(H,22,28). The summed E-state index contributed by atoms with van der Waals surface area (Å²) in [7, 11) is 1.48. The largest absolute Gasteiger partial charge is 0.477 e. The summed E-state index contributed by atoms with van der Waals surface area (Å²) < 4.78 is 5.69. The fourth-order valence-electron chi connectivity index (χ4n) is 3.57. The Morgan fingerprint density at radius 1 is 1.30 bits per heavy atom. The molecular weight excluding hydrogens is 408 g/mol. The summed E-state index contributed by atoms with van der Waals surface area (Å²) in [5.41, 5.74) is -0.0715. The minimum Gasteiger partial charge on any atom is -0.477 e. The van der Waals surface area contributed by atoms with Crippen molar-refractivity contribution >= 4 is 40.8 Å². The Bertz CT molecular complexity index is 1020. The molecule has 5 amide bonds. The monoisotopic (exact) mass is 428 g/mol. The Labute approximate surface area is 176 Å². The SMILES string of the molecule is CNC(=O)C1CN(C(=O)CN2C(=O)NC(C)(c3ccsc3)C2=O)c2ccccc2O1. The molecule has 2 unspecified atom stereocenters. The number of nitrogens with zero attached hydrogens (tertiary/aromatic N) is 2. The van der Waals surface area contributed by atoms with Gasteiger partial charge in [-0.25, -0.2) is 4.79 Å². The first-order valence-corrected chi connectivity index (χ1v) is 10.2. The number of para-hydroxylation sites is 2. The lowest BCUT2D eigenvalue weighted by Gasteiger charge is -2.34. The Morgan fingerprint density at radius 2 is 2.07 bits per heavy atom. The molecule has 2 N–H and O–H groups in total. The van der Waals surface area contributed by atoms with Crippen molar-refractivity contribution in [2.24, 2.45) is 0 Å². The average molecular weight is 428 g/mol. The fourth-order valence-corrected chi connectivity index (χ4v) is 4.34. The number of carbonyl (C=O) groups is 4. The van der Waals surface area contributed by atoms with Gasteiger partial charge in [-0.05, 0) is 41.4 Å². The molecule has 2 aliphatic heterocycles. The van der Waals surface area contributed by atoms with Gasteiger partial charge in [0.2, 0.25) is 5.91 Å². The summed E-state index contributed by atoms with van der Waals surface area (Å²) in [6.45, 7) is 1.14. The van der Waals surface area contributed by atoms with E-state index in [0.29, 0.717) is 17.0 Å². The quantitative estimate of drug-likeness (QED) is 0.708. The Kier molecular flexibility index (Phi) is 4.94. The molecule has 2 aliphatic rings. The molecule has 156 valence electrons. The smallest absolute Gasteiger partial charge is 0.325 e. The molecule has 3 heterocycles. The van der Waals surface area contributed by atoms with E-state index in [1.54, 1.807) is 42.6 Å². The van der Waals surface area contributed by atoms with Crippen molar-refractivity contribution in [2.45, 2.75) is 18.6 Å². The zero-order chi connectivity index (χ0) is 21.5. The van der Waals surface area contributed by atoms with Crippen molar-refractivity contribution in [1.82, 2.24) is 15.5 Å². The Hall–Kier alpha value is -3.40. The second-order valence-electron chi connectivity index (χ2n) is 7.15. The normalized spacial score (nSPS) is 22.9. The number of hydrogen-bond donors (Lipinski definition) is 2. The van der Waals surface area contributed by atoms with E-state index in [1.165, 1.54) is 23.3 Å². The molecule has 0 spiro atoms. The summed E-state index contributed by atoms with van der Waals surface area (Å²) in [6, 6.07) is 7.95. The van der Waals surface area contributed by atoms with Crippen LogP contribution in [-0.4, -0.2) is 54.9 Å². The van der Waals surface area contributed by atoms with E-state index in [-0.39, 0.29) is 12.5 Å². The number of benzene rings is 1. The molecule has 2 aromatic rings. The number of carbonyl (C=O) groups excluding carboxylic acids is 4. The molecule has 0 saturated carbocycles. The van der Waals surface area contributed by atoms with Gasteiger partial charge in [-0.15, -0.1) is 0 Å². The van der Waals surface area contributed by atoms with Crippen molar-refractivity contribution in [3.63, 3.8) is 0 Å². The molecule has 1 aromatic carbocycles. The third-order valence-corrected chi connectivity index (χ3v) is 5.96. The van der Waals surface area contributed by atoms with Crippen molar-refractivity contribution in [2.75, 3.05) is 25.0 Å². The maximum atomic E-state index is 13.1. The lowest BCUT2D eigenvalue weighted by molar-refractivity contribution is -0.134. The number of amides is 5. The molecule has 9 nitrogen and oxygen atoms in total. The van der Waals surface area contributed by atoms with Crippen LogP contribution in [0.3, 0.4) is 0 Å². The minimum absolute atomic E-state index is 0.0268. The van der Waals surface area contributed by atoms with Gasteiger partial charge in [0.05, 0.1) is 12.2 Å². The zero-order valence-corrected chi connectivity index (χ0v) is 17.2. The highest BCUT2D eigenvalue weighted by molar-refractivity contribution is 7.08. The third-order valence-electron chi connectivity index (χ3n) is 5.28. The van der Waals surface area contributed by atoms with Gasteiger partial charge in [0.15, 0.2) is 6.10 Å². The Morgan fingerprint density at radius 3 is 2.77 bits per heavy atom. The van der Waals surface area contributed by atoms with Crippen LogP contribution in [0.15, 0.2) is 41.1 Å². The van der Waals surface area contributed by atoms with E-state index in [0.717, 1.165) is 4.90 Å². The maximum Gasteiger partial charge on any atom is 0.325 e. The van der Waals surface area contributed by atoms with Gasteiger partial charge < -0.3 is 20.3 Å². The molecule has 1 fully saturated rings. The highest BCUT2D eigenvalue weighted by atomic mass is 32.1. The van der Waals surface area contributed by atoms with Crippen LogP contribution < -0.4 is 20.3 Å². The van der Waals surface area contributed by atoms with Crippen molar-refractivity contribution in [1.29, 1.82) is 0 Å². The van der Waals surface area contributed by atoms with Crippen LogP contribution in [0, 0.1) is 0 Å².